The molecule has 0 amide bonds. The monoisotopic (exact) mass is 287 g/mol. The van der Waals surface area contributed by atoms with E-state index in [0.29, 0.717) is 18.2 Å². The molecule has 2 N–H and O–H groups in total. The van der Waals surface area contributed by atoms with Crippen LogP contribution in [0.2, 0.25) is 0 Å². The molecule has 0 aliphatic carbocycles. The molecule has 0 saturated carbocycles. The lowest BCUT2D eigenvalue weighted by atomic mass is 10.1. The molecule has 1 aliphatic rings. The van der Waals surface area contributed by atoms with E-state index >= 15 is 0 Å². The Morgan fingerprint density at radius 1 is 1.14 bits per heavy atom. The molecule has 7 nitrogen and oxygen atoms in total. The highest BCUT2D eigenvalue weighted by Gasteiger charge is 2.16. The lowest BCUT2D eigenvalue weighted by molar-refractivity contribution is 0.566. The summed E-state index contributed by atoms with van der Waals surface area (Å²) in [5.41, 5.74) is 5.85. The molecule has 1 saturated heterocycles. The van der Waals surface area contributed by atoms with Crippen molar-refractivity contribution in [3.8, 4) is 0 Å². The molecule has 3 heterocycles. The van der Waals surface area contributed by atoms with E-state index in [2.05, 4.69) is 36.3 Å². The summed E-state index contributed by atoms with van der Waals surface area (Å²) in [7, 11) is 0. The molecule has 0 bridgehead atoms. The van der Waals surface area contributed by atoms with E-state index in [-0.39, 0.29) is 5.95 Å². The van der Waals surface area contributed by atoms with Crippen LogP contribution >= 0.6 is 0 Å². The predicted molar refractivity (Wildman–Crippen MR) is 81.0 cm³/mol. The van der Waals surface area contributed by atoms with Gasteiger partial charge in [-0.2, -0.15) is 15.0 Å². The average molecular weight is 287 g/mol. The van der Waals surface area contributed by atoms with Crippen LogP contribution in [0.5, 0.6) is 0 Å². The molecule has 0 atom stereocenters. The third-order valence-electron chi connectivity index (χ3n) is 3.78. The van der Waals surface area contributed by atoms with Crippen molar-refractivity contribution in [3.05, 3.63) is 24.0 Å². The summed E-state index contributed by atoms with van der Waals surface area (Å²) in [5, 5.41) is 0. The summed E-state index contributed by atoms with van der Waals surface area (Å²) in [6.45, 7) is 4.96. The van der Waals surface area contributed by atoms with Gasteiger partial charge in [0.2, 0.25) is 11.9 Å². The second-order valence-corrected chi connectivity index (χ2v) is 5.26. The van der Waals surface area contributed by atoms with E-state index in [9.17, 15) is 0 Å². The zero-order valence-corrected chi connectivity index (χ0v) is 12.4. The number of nitrogens with zero attached hydrogens (tertiary/aromatic N) is 6. The van der Waals surface area contributed by atoms with Crippen LogP contribution in [-0.2, 0) is 13.0 Å². The third kappa shape index (κ3) is 3.12. The van der Waals surface area contributed by atoms with Gasteiger partial charge < -0.3 is 15.2 Å². The molecule has 0 spiro atoms. The SMILES string of the molecule is CCn1ccnc1Cc1nc(N)nc(N2CCCCC2)n1. The second kappa shape index (κ2) is 6.07. The first-order valence-electron chi connectivity index (χ1n) is 7.51. The minimum Gasteiger partial charge on any atom is -0.368 e. The van der Waals surface area contributed by atoms with E-state index in [1.807, 2.05) is 6.20 Å². The second-order valence-electron chi connectivity index (χ2n) is 5.26. The molecule has 2 aromatic heterocycles. The molecular weight excluding hydrogens is 266 g/mol. The number of nitrogens with two attached hydrogens (primary N) is 1. The van der Waals surface area contributed by atoms with Gasteiger partial charge >= 0.3 is 0 Å². The highest BCUT2D eigenvalue weighted by atomic mass is 15.3. The number of hydrogen-bond acceptors (Lipinski definition) is 6. The van der Waals surface area contributed by atoms with E-state index in [4.69, 9.17) is 5.73 Å². The van der Waals surface area contributed by atoms with Gasteiger partial charge in [-0.05, 0) is 26.2 Å². The molecule has 0 aromatic carbocycles. The van der Waals surface area contributed by atoms with Gasteiger partial charge in [0.1, 0.15) is 11.6 Å². The number of aryl methyl sites for hydroxylation is 1. The van der Waals surface area contributed by atoms with Crippen molar-refractivity contribution in [3.63, 3.8) is 0 Å². The maximum Gasteiger partial charge on any atom is 0.230 e. The Balaban J connectivity index is 1.83. The van der Waals surface area contributed by atoms with Crippen LogP contribution < -0.4 is 10.6 Å². The summed E-state index contributed by atoms with van der Waals surface area (Å²) in [5.74, 6) is 2.62. The highest BCUT2D eigenvalue weighted by molar-refractivity contribution is 5.35. The summed E-state index contributed by atoms with van der Waals surface area (Å²) in [6, 6.07) is 0. The first kappa shape index (κ1) is 13.8. The highest BCUT2D eigenvalue weighted by Crippen LogP contribution is 2.17. The fourth-order valence-corrected chi connectivity index (χ4v) is 2.68. The Labute approximate surface area is 124 Å². The molecule has 1 fully saturated rings. The van der Waals surface area contributed by atoms with Gasteiger partial charge in [0, 0.05) is 32.0 Å². The van der Waals surface area contributed by atoms with Crippen LogP contribution in [0, 0.1) is 0 Å². The number of hydrogen-bond donors (Lipinski definition) is 1. The lowest BCUT2D eigenvalue weighted by Crippen LogP contribution is -2.31. The van der Waals surface area contributed by atoms with E-state index < -0.39 is 0 Å². The maximum absolute atomic E-state index is 5.85. The van der Waals surface area contributed by atoms with Crippen molar-refractivity contribution in [2.24, 2.45) is 0 Å². The number of imidazole rings is 1. The number of nitrogen functional groups attached to an aromatic ring is 1. The quantitative estimate of drug-likeness (QED) is 0.911. The van der Waals surface area contributed by atoms with E-state index in [1.54, 1.807) is 6.20 Å². The summed E-state index contributed by atoms with van der Waals surface area (Å²) < 4.78 is 2.08. The lowest BCUT2D eigenvalue weighted by Gasteiger charge is -2.26. The molecular formula is C14H21N7. The van der Waals surface area contributed by atoms with Crippen LogP contribution in [0.25, 0.3) is 0 Å². The van der Waals surface area contributed by atoms with Crippen molar-refractivity contribution in [1.29, 1.82) is 0 Å². The molecule has 21 heavy (non-hydrogen) atoms. The smallest absolute Gasteiger partial charge is 0.230 e. The van der Waals surface area contributed by atoms with Crippen LogP contribution in [0.1, 0.15) is 37.8 Å². The normalized spacial score (nSPS) is 15.4. The van der Waals surface area contributed by atoms with Gasteiger partial charge in [-0.1, -0.05) is 0 Å². The Hall–Kier alpha value is -2.18. The van der Waals surface area contributed by atoms with Gasteiger partial charge in [0.05, 0.1) is 6.42 Å². The van der Waals surface area contributed by atoms with Gasteiger partial charge in [0.15, 0.2) is 0 Å². The molecule has 112 valence electrons. The Kier molecular flexibility index (Phi) is 3.98. The van der Waals surface area contributed by atoms with Gasteiger partial charge in [-0.15, -0.1) is 0 Å². The molecule has 1 aliphatic heterocycles. The van der Waals surface area contributed by atoms with Crippen molar-refractivity contribution < 1.29 is 0 Å². The standard InChI is InChI=1S/C14H21N7/c1-2-20-9-6-16-12(20)10-11-17-13(15)19-14(18-11)21-7-4-3-5-8-21/h6,9H,2-5,7-8,10H2,1H3,(H2,15,17,18,19). The van der Waals surface area contributed by atoms with Crippen LogP contribution in [0.15, 0.2) is 12.4 Å². The summed E-state index contributed by atoms with van der Waals surface area (Å²) in [6.07, 6.45) is 7.98. The number of piperidine rings is 1. The molecule has 3 rings (SSSR count). The van der Waals surface area contributed by atoms with Crippen molar-refractivity contribution in [2.45, 2.75) is 39.2 Å². The average Bonchev–Trinajstić information content (AvgIpc) is 2.95. The fraction of sp³-hybridized carbons (Fsp3) is 0.571. The Morgan fingerprint density at radius 3 is 2.71 bits per heavy atom. The Morgan fingerprint density at radius 2 is 1.95 bits per heavy atom. The van der Waals surface area contributed by atoms with Crippen LogP contribution in [0.3, 0.4) is 0 Å². The molecule has 0 radical (unpaired) electrons. The summed E-state index contributed by atoms with van der Waals surface area (Å²) >= 11 is 0. The predicted octanol–water partition coefficient (Wildman–Crippen LogP) is 1.25. The first-order chi connectivity index (χ1) is 10.3. The van der Waals surface area contributed by atoms with Crippen LogP contribution in [0.4, 0.5) is 11.9 Å². The molecule has 7 heteroatoms. The van der Waals surface area contributed by atoms with Gasteiger partial charge in [0.25, 0.3) is 0 Å². The maximum atomic E-state index is 5.85. The van der Waals surface area contributed by atoms with Crippen molar-refractivity contribution >= 4 is 11.9 Å². The number of rotatable bonds is 4. The summed E-state index contributed by atoms with van der Waals surface area (Å²) in [4.78, 5) is 19.7. The third-order valence-corrected chi connectivity index (χ3v) is 3.78. The minimum absolute atomic E-state index is 0.287. The zero-order valence-electron chi connectivity index (χ0n) is 12.4. The van der Waals surface area contributed by atoms with E-state index in [1.165, 1.54) is 19.3 Å². The minimum atomic E-state index is 0.287. The van der Waals surface area contributed by atoms with E-state index in [0.717, 1.165) is 25.5 Å². The number of anilines is 2. The first-order valence-corrected chi connectivity index (χ1v) is 7.51. The van der Waals surface area contributed by atoms with Gasteiger partial charge in [-0.25, -0.2) is 4.98 Å². The Bertz CT molecular complexity index is 601. The van der Waals surface area contributed by atoms with Gasteiger partial charge in [-0.3, -0.25) is 0 Å². The fourth-order valence-electron chi connectivity index (χ4n) is 2.68. The topological polar surface area (TPSA) is 85.8 Å². The van der Waals surface area contributed by atoms with Crippen molar-refractivity contribution in [2.75, 3.05) is 23.7 Å². The van der Waals surface area contributed by atoms with Crippen LogP contribution in [-0.4, -0.2) is 37.6 Å². The zero-order chi connectivity index (χ0) is 14.7. The largest absolute Gasteiger partial charge is 0.368 e. The molecule has 0 unspecified atom stereocenters. The van der Waals surface area contributed by atoms with Crippen molar-refractivity contribution in [1.82, 2.24) is 24.5 Å². The molecule has 2 aromatic rings. The number of aromatic nitrogens is 5.